The van der Waals surface area contributed by atoms with Gasteiger partial charge < -0.3 is 15.0 Å². The summed E-state index contributed by atoms with van der Waals surface area (Å²) in [6.07, 6.45) is 3.52. The minimum atomic E-state index is 0.0215. The number of likely N-dealkylation sites (tertiary alicyclic amines) is 1. The van der Waals surface area contributed by atoms with Crippen LogP contribution in [-0.4, -0.2) is 49.1 Å². The summed E-state index contributed by atoms with van der Waals surface area (Å²) in [6, 6.07) is 4.17. The standard InChI is InChI=1S/C18H27N3O2/c1-13-6-7-14(17(20-13)12-23-2)15-10-19-11-16(15)18(22)21-8-4-3-5-9-21/h6-7,15-16,19H,3-5,8-12H2,1-2H3/t15-,16?/m0/s1. The zero-order valence-corrected chi connectivity index (χ0v) is 14.2. The maximum atomic E-state index is 13.0. The van der Waals surface area contributed by atoms with Gasteiger partial charge in [-0.1, -0.05) is 6.07 Å². The summed E-state index contributed by atoms with van der Waals surface area (Å²) in [7, 11) is 1.69. The summed E-state index contributed by atoms with van der Waals surface area (Å²) in [5, 5.41) is 3.41. The highest BCUT2D eigenvalue weighted by atomic mass is 16.5. The van der Waals surface area contributed by atoms with E-state index in [1.807, 2.05) is 13.0 Å². The van der Waals surface area contributed by atoms with Crippen LogP contribution >= 0.6 is 0 Å². The van der Waals surface area contributed by atoms with Crippen LogP contribution in [0.3, 0.4) is 0 Å². The van der Waals surface area contributed by atoms with Crippen molar-refractivity contribution in [1.82, 2.24) is 15.2 Å². The predicted molar refractivity (Wildman–Crippen MR) is 89.2 cm³/mol. The number of pyridine rings is 1. The lowest BCUT2D eigenvalue weighted by Crippen LogP contribution is -2.41. The third-order valence-electron chi connectivity index (χ3n) is 5.03. The molecule has 0 aliphatic carbocycles. The third kappa shape index (κ3) is 3.56. The van der Waals surface area contributed by atoms with E-state index in [0.29, 0.717) is 12.5 Å². The van der Waals surface area contributed by atoms with Gasteiger partial charge in [-0.2, -0.15) is 0 Å². The normalized spacial score (nSPS) is 24.9. The first-order valence-electron chi connectivity index (χ1n) is 8.65. The molecule has 1 unspecified atom stereocenters. The molecule has 1 N–H and O–H groups in total. The van der Waals surface area contributed by atoms with E-state index >= 15 is 0 Å². The van der Waals surface area contributed by atoms with Gasteiger partial charge >= 0.3 is 0 Å². The number of nitrogens with one attached hydrogen (secondary N) is 1. The number of rotatable bonds is 4. The quantitative estimate of drug-likeness (QED) is 0.921. The predicted octanol–water partition coefficient (Wildman–Crippen LogP) is 1.85. The molecular weight excluding hydrogens is 290 g/mol. The zero-order chi connectivity index (χ0) is 16.2. The van der Waals surface area contributed by atoms with Crippen molar-refractivity contribution in [2.45, 2.75) is 38.7 Å². The Kier molecular flexibility index (Phi) is 5.28. The first kappa shape index (κ1) is 16.4. The molecule has 0 spiro atoms. The first-order valence-corrected chi connectivity index (χ1v) is 8.65. The van der Waals surface area contributed by atoms with Crippen LogP contribution < -0.4 is 5.32 Å². The molecule has 0 radical (unpaired) electrons. The Hall–Kier alpha value is -1.46. The minimum Gasteiger partial charge on any atom is -0.378 e. The number of hydrogen-bond donors (Lipinski definition) is 1. The highest BCUT2D eigenvalue weighted by molar-refractivity contribution is 5.80. The highest BCUT2D eigenvalue weighted by Crippen LogP contribution is 2.32. The van der Waals surface area contributed by atoms with E-state index in [1.54, 1.807) is 7.11 Å². The van der Waals surface area contributed by atoms with Crippen molar-refractivity contribution >= 4 is 5.91 Å². The number of methoxy groups -OCH3 is 1. The molecule has 2 atom stereocenters. The number of carbonyl (C=O) groups is 1. The Labute approximate surface area is 138 Å². The highest BCUT2D eigenvalue weighted by Gasteiger charge is 2.37. The lowest BCUT2D eigenvalue weighted by molar-refractivity contribution is -0.136. The summed E-state index contributed by atoms with van der Waals surface area (Å²) < 4.78 is 5.32. The van der Waals surface area contributed by atoms with Gasteiger partial charge in [0.2, 0.25) is 5.91 Å². The summed E-state index contributed by atoms with van der Waals surface area (Å²) in [4.78, 5) is 19.7. The molecule has 2 fully saturated rings. The van der Waals surface area contributed by atoms with E-state index in [1.165, 1.54) is 6.42 Å². The molecule has 3 rings (SSSR count). The Balaban J connectivity index is 1.82. The van der Waals surface area contributed by atoms with Crippen LogP contribution in [0.5, 0.6) is 0 Å². The average molecular weight is 317 g/mol. The molecule has 0 bridgehead atoms. The molecular formula is C18H27N3O2. The molecule has 23 heavy (non-hydrogen) atoms. The van der Waals surface area contributed by atoms with Crippen LogP contribution in [0, 0.1) is 12.8 Å². The number of hydrogen-bond acceptors (Lipinski definition) is 4. The topological polar surface area (TPSA) is 54.5 Å². The molecule has 2 saturated heterocycles. The Morgan fingerprint density at radius 1 is 1.30 bits per heavy atom. The van der Waals surface area contributed by atoms with Gasteiger partial charge in [-0.05, 0) is 37.8 Å². The smallest absolute Gasteiger partial charge is 0.227 e. The van der Waals surface area contributed by atoms with Crippen LogP contribution in [0.25, 0.3) is 0 Å². The molecule has 1 aromatic rings. The van der Waals surface area contributed by atoms with Crippen molar-refractivity contribution in [3.05, 3.63) is 29.1 Å². The summed E-state index contributed by atoms with van der Waals surface area (Å²) >= 11 is 0. The maximum Gasteiger partial charge on any atom is 0.227 e. The number of amides is 1. The molecule has 126 valence electrons. The summed E-state index contributed by atoms with van der Waals surface area (Å²) in [5.41, 5.74) is 3.13. The monoisotopic (exact) mass is 317 g/mol. The summed E-state index contributed by atoms with van der Waals surface area (Å²) in [6.45, 7) is 5.93. The number of ether oxygens (including phenoxy) is 1. The van der Waals surface area contributed by atoms with Crippen molar-refractivity contribution in [2.24, 2.45) is 5.92 Å². The van der Waals surface area contributed by atoms with E-state index in [-0.39, 0.29) is 11.8 Å². The van der Waals surface area contributed by atoms with Gasteiger partial charge in [-0.3, -0.25) is 9.78 Å². The molecule has 3 heterocycles. The van der Waals surface area contributed by atoms with Crippen LogP contribution in [0.2, 0.25) is 0 Å². The fourth-order valence-corrected chi connectivity index (χ4v) is 3.82. The van der Waals surface area contributed by atoms with Gasteiger partial charge in [-0.25, -0.2) is 0 Å². The van der Waals surface area contributed by atoms with Gasteiger partial charge in [0.05, 0.1) is 18.2 Å². The number of nitrogens with zero attached hydrogens (tertiary/aromatic N) is 2. The van der Waals surface area contributed by atoms with Gasteiger partial charge in [0.15, 0.2) is 0 Å². The fourth-order valence-electron chi connectivity index (χ4n) is 3.82. The number of carbonyl (C=O) groups excluding carboxylic acids is 1. The van der Waals surface area contributed by atoms with Crippen LogP contribution in [0.1, 0.15) is 42.1 Å². The molecule has 5 nitrogen and oxygen atoms in total. The zero-order valence-electron chi connectivity index (χ0n) is 14.2. The van der Waals surface area contributed by atoms with E-state index in [2.05, 4.69) is 21.3 Å². The van der Waals surface area contributed by atoms with Crippen molar-refractivity contribution in [2.75, 3.05) is 33.3 Å². The number of piperidine rings is 1. The second-order valence-corrected chi connectivity index (χ2v) is 6.68. The lowest BCUT2D eigenvalue weighted by Gasteiger charge is -2.31. The number of aromatic nitrogens is 1. The number of aryl methyl sites for hydroxylation is 1. The van der Waals surface area contributed by atoms with Gasteiger partial charge in [0.25, 0.3) is 0 Å². The molecule has 0 aromatic carbocycles. The Bertz CT molecular complexity index is 555. The first-order chi connectivity index (χ1) is 11.2. The van der Waals surface area contributed by atoms with Crippen molar-refractivity contribution in [3.63, 3.8) is 0 Å². The van der Waals surface area contributed by atoms with Crippen molar-refractivity contribution in [1.29, 1.82) is 0 Å². The lowest BCUT2D eigenvalue weighted by atomic mass is 9.86. The fraction of sp³-hybridized carbons (Fsp3) is 0.667. The van der Waals surface area contributed by atoms with Gasteiger partial charge in [0.1, 0.15) is 0 Å². The SMILES string of the molecule is COCc1nc(C)ccc1[C@@H]1CNCC1C(=O)N1CCCCC1. The van der Waals surface area contributed by atoms with E-state index in [4.69, 9.17) is 4.74 Å². The largest absolute Gasteiger partial charge is 0.378 e. The maximum absolute atomic E-state index is 13.0. The van der Waals surface area contributed by atoms with E-state index in [0.717, 1.165) is 56.0 Å². The van der Waals surface area contributed by atoms with Crippen molar-refractivity contribution in [3.8, 4) is 0 Å². The van der Waals surface area contributed by atoms with Gasteiger partial charge in [0, 0.05) is 44.9 Å². The van der Waals surface area contributed by atoms with Crippen molar-refractivity contribution < 1.29 is 9.53 Å². The Morgan fingerprint density at radius 3 is 2.83 bits per heavy atom. The van der Waals surface area contributed by atoms with Crippen LogP contribution in [0.4, 0.5) is 0 Å². The second-order valence-electron chi connectivity index (χ2n) is 6.68. The summed E-state index contributed by atoms with van der Waals surface area (Å²) in [5.74, 6) is 0.527. The minimum absolute atomic E-state index is 0.0215. The average Bonchev–Trinajstić information content (AvgIpc) is 3.05. The second kappa shape index (κ2) is 7.41. The van der Waals surface area contributed by atoms with Gasteiger partial charge in [-0.15, -0.1) is 0 Å². The van der Waals surface area contributed by atoms with E-state index < -0.39 is 0 Å². The molecule has 1 aromatic heterocycles. The molecule has 5 heteroatoms. The molecule has 2 aliphatic heterocycles. The molecule has 2 aliphatic rings. The van der Waals surface area contributed by atoms with Crippen LogP contribution in [0.15, 0.2) is 12.1 Å². The van der Waals surface area contributed by atoms with E-state index in [9.17, 15) is 4.79 Å². The third-order valence-corrected chi connectivity index (χ3v) is 5.03. The Morgan fingerprint density at radius 2 is 2.09 bits per heavy atom. The molecule has 1 amide bonds. The molecule has 0 saturated carbocycles. The van der Waals surface area contributed by atoms with Crippen LogP contribution in [-0.2, 0) is 16.1 Å².